The molecule has 1 aliphatic heterocycles. The molecule has 2 aromatic heterocycles. The number of carbonyl (C=O) groups excluding carboxylic acids is 3. The lowest BCUT2D eigenvalue weighted by atomic mass is 9.90. The van der Waals surface area contributed by atoms with Gasteiger partial charge in [-0.2, -0.15) is 0 Å². The number of ketones is 1. The van der Waals surface area contributed by atoms with Gasteiger partial charge in [0.1, 0.15) is 11.3 Å². The number of rotatable bonds is 5. The Morgan fingerprint density at radius 1 is 1.03 bits per heavy atom. The van der Waals surface area contributed by atoms with E-state index in [9.17, 15) is 14.4 Å². The van der Waals surface area contributed by atoms with Gasteiger partial charge in [0, 0.05) is 23.0 Å². The van der Waals surface area contributed by atoms with E-state index in [1.807, 2.05) is 54.0 Å². The average molecular weight is 457 g/mol. The van der Waals surface area contributed by atoms with E-state index in [4.69, 9.17) is 4.52 Å². The summed E-state index contributed by atoms with van der Waals surface area (Å²) in [5.41, 5.74) is 1.31. The molecule has 1 N–H and O–H groups in total. The van der Waals surface area contributed by atoms with Crippen molar-refractivity contribution in [1.29, 1.82) is 0 Å². The highest BCUT2D eigenvalue weighted by atomic mass is 16.5. The van der Waals surface area contributed by atoms with Gasteiger partial charge in [-0.25, -0.2) is 4.79 Å². The van der Waals surface area contributed by atoms with E-state index in [1.165, 1.54) is 0 Å². The first-order valence-corrected chi connectivity index (χ1v) is 11.0. The molecule has 1 fully saturated rings. The third-order valence-corrected chi connectivity index (χ3v) is 6.48. The van der Waals surface area contributed by atoms with Crippen LogP contribution < -0.4 is 5.32 Å². The monoisotopic (exact) mass is 456 g/mol. The molecule has 3 heterocycles. The molecule has 0 saturated carbocycles. The summed E-state index contributed by atoms with van der Waals surface area (Å²) in [6.45, 7) is 6.77. The number of hydrogen-bond acceptors (Lipinski definition) is 5. The van der Waals surface area contributed by atoms with E-state index < -0.39 is 17.5 Å². The van der Waals surface area contributed by atoms with Crippen LogP contribution in [0.4, 0.5) is 4.79 Å². The molecule has 2 aromatic carbocycles. The van der Waals surface area contributed by atoms with Gasteiger partial charge in [-0.05, 0) is 56.2 Å². The second-order valence-corrected chi connectivity index (χ2v) is 8.85. The van der Waals surface area contributed by atoms with E-state index in [-0.39, 0.29) is 12.3 Å². The Kier molecular flexibility index (Phi) is 4.89. The molecule has 172 valence electrons. The Hall–Kier alpha value is -4.20. The van der Waals surface area contributed by atoms with Crippen LogP contribution in [0.25, 0.3) is 16.6 Å². The Balaban J connectivity index is 1.42. The van der Waals surface area contributed by atoms with Crippen molar-refractivity contribution in [2.45, 2.75) is 33.2 Å². The molecule has 3 amide bonds. The zero-order valence-corrected chi connectivity index (χ0v) is 19.4. The highest BCUT2D eigenvalue weighted by Gasteiger charge is 2.49. The molecule has 1 saturated heterocycles. The predicted molar refractivity (Wildman–Crippen MR) is 126 cm³/mol. The van der Waals surface area contributed by atoms with Crippen LogP contribution in [0.15, 0.2) is 59.1 Å². The lowest BCUT2D eigenvalue weighted by molar-refractivity contribution is -0.130. The molecule has 0 radical (unpaired) electrons. The summed E-state index contributed by atoms with van der Waals surface area (Å²) in [5, 5.41) is 8.82. The number of nitrogens with one attached hydrogen (secondary N) is 1. The number of urea groups is 1. The van der Waals surface area contributed by atoms with Crippen LogP contribution in [-0.4, -0.2) is 38.9 Å². The molecule has 1 atom stereocenters. The van der Waals surface area contributed by atoms with Crippen LogP contribution in [0.2, 0.25) is 0 Å². The van der Waals surface area contributed by atoms with Crippen LogP contribution in [0, 0.1) is 20.8 Å². The first-order chi connectivity index (χ1) is 16.2. The maximum atomic E-state index is 13.4. The van der Waals surface area contributed by atoms with Gasteiger partial charge in [0.05, 0.1) is 6.54 Å². The molecule has 1 aliphatic rings. The maximum Gasteiger partial charge on any atom is 0.325 e. The summed E-state index contributed by atoms with van der Waals surface area (Å²) in [6.07, 6.45) is 0. The fraction of sp³-hybridized carbons (Fsp3) is 0.231. The van der Waals surface area contributed by atoms with E-state index in [2.05, 4.69) is 10.5 Å². The van der Waals surface area contributed by atoms with Crippen molar-refractivity contribution in [2.75, 3.05) is 6.54 Å². The second kappa shape index (κ2) is 7.69. The fourth-order valence-electron chi connectivity index (χ4n) is 4.62. The topological polar surface area (TPSA) is 97.4 Å². The number of benzene rings is 2. The Bertz CT molecular complexity index is 1480. The van der Waals surface area contributed by atoms with Gasteiger partial charge in [-0.1, -0.05) is 41.6 Å². The van der Waals surface area contributed by atoms with Crippen LogP contribution in [0.3, 0.4) is 0 Å². The third-order valence-electron chi connectivity index (χ3n) is 6.48. The predicted octanol–water partition coefficient (Wildman–Crippen LogP) is 4.19. The molecular weight excluding hydrogens is 432 g/mol. The number of imide groups is 1. The number of Topliss-reactive ketones (excluding diaryl/α,β-unsaturated/α-hetero) is 1. The number of nitrogens with zero attached hydrogens (tertiary/aromatic N) is 3. The molecule has 1 unspecified atom stereocenters. The van der Waals surface area contributed by atoms with Gasteiger partial charge < -0.3 is 9.84 Å². The minimum absolute atomic E-state index is 0.328. The average Bonchev–Trinajstić information content (AvgIpc) is 3.43. The van der Waals surface area contributed by atoms with Gasteiger partial charge in [-0.15, -0.1) is 0 Å². The van der Waals surface area contributed by atoms with Crippen molar-refractivity contribution >= 4 is 28.5 Å². The zero-order valence-electron chi connectivity index (χ0n) is 19.4. The maximum absolute atomic E-state index is 13.4. The van der Waals surface area contributed by atoms with E-state index >= 15 is 0 Å². The smallest absolute Gasteiger partial charge is 0.325 e. The van der Waals surface area contributed by atoms with Crippen molar-refractivity contribution in [3.05, 3.63) is 82.9 Å². The van der Waals surface area contributed by atoms with E-state index in [0.717, 1.165) is 21.4 Å². The first kappa shape index (κ1) is 21.6. The quantitative estimate of drug-likeness (QED) is 0.359. The zero-order chi connectivity index (χ0) is 24.2. The number of aryl methyl sites for hydroxylation is 2. The summed E-state index contributed by atoms with van der Waals surface area (Å²) in [5.74, 6) is 0.445. The minimum atomic E-state index is -1.25. The Morgan fingerprint density at radius 3 is 2.47 bits per heavy atom. The number of fused-ring (bicyclic) bond motifs is 1. The van der Waals surface area contributed by atoms with Gasteiger partial charge >= 0.3 is 6.03 Å². The molecule has 0 bridgehead atoms. The number of hydrogen-bond donors (Lipinski definition) is 1. The van der Waals surface area contributed by atoms with Crippen LogP contribution >= 0.6 is 0 Å². The van der Waals surface area contributed by atoms with Gasteiger partial charge in [0.15, 0.2) is 11.6 Å². The number of carbonyl (C=O) groups is 3. The van der Waals surface area contributed by atoms with Gasteiger partial charge in [0.25, 0.3) is 5.91 Å². The van der Waals surface area contributed by atoms with Crippen molar-refractivity contribution in [3.63, 3.8) is 0 Å². The van der Waals surface area contributed by atoms with Crippen molar-refractivity contribution in [1.82, 2.24) is 19.9 Å². The Labute approximate surface area is 196 Å². The lowest BCUT2D eigenvalue weighted by Crippen LogP contribution is -2.41. The molecule has 34 heavy (non-hydrogen) atoms. The number of aromatic nitrogens is 2. The molecular formula is C26H24N4O4. The van der Waals surface area contributed by atoms with Crippen LogP contribution in [0.5, 0.6) is 0 Å². The van der Waals surface area contributed by atoms with Crippen LogP contribution in [-0.2, 0) is 10.3 Å². The molecule has 0 spiro atoms. The minimum Gasteiger partial charge on any atom is -0.360 e. The standard InChI is InChI=1S/C26H24N4O4/c1-15-11-21(17(3)30(15)23-12-16(2)34-28-23)22(31)14-29-24(32)26(4,27-25(29)33)20-10-9-18-7-5-6-8-19(18)13-20/h5-13H,14H2,1-4H3,(H,27,33). The summed E-state index contributed by atoms with van der Waals surface area (Å²) in [7, 11) is 0. The van der Waals surface area contributed by atoms with E-state index in [0.29, 0.717) is 28.4 Å². The van der Waals surface area contributed by atoms with Crippen molar-refractivity contribution in [3.8, 4) is 5.82 Å². The highest BCUT2D eigenvalue weighted by molar-refractivity contribution is 6.11. The molecule has 8 nitrogen and oxygen atoms in total. The summed E-state index contributed by atoms with van der Waals surface area (Å²) in [6, 6.07) is 16.4. The molecule has 8 heteroatoms. The summed E-state index contributed by atoms with van der Waals surface area (Å²) in [4.78, 5) is 40.4. The second-order valence-electron chi connectivity index (χ2n) is 8.85. The molecule has 5 rings (SSSR count). The van der Waals surface area contributed by atoms with Crippen LogP contribution in [0.1, 0.15) is 40.0 Å². The van der Waals surface area contributed by atoms with E-state index in [1.54, 1.807) is 32.9 Å². The molecule has 4 aromatic rings. The van der Waals surface area contributed by atoms with Crippen molar-refractivity contribution < 1.29 is 18.9 Å². The molecule has 0 aliphatic carbocycles. The van der Waals surface area contributed by atoms with Crippen molar-refractivity contribution in [2.24, 2.45) is 0 Å². The largest absolute Gasteiger partial charge is 0.360 e. The number of amides is 3. The Morgan fingerprint density at radius 2 is 1.76 bits per heavy atom. The highest BCUT2D eigenvalue weighted by Crippen LogP contribution is 2.31. The normalized spacial score (nSPS) is 18.1. The summed E-state index contributed by atoms with van der Waals surface area (Å²) < 4.78 is 6.98. The summed E-state index contributed by atoms with van der Waals surface area (Å²) >= 11 is 0. The fourth-order valence-corrected chi connectivity index (χ4v) is 4.62. The lowest BCUT2D eigenvalue weighted by Gasteiger charge is -2.22. The first-order valence-electron chi connectivity index (χ1n) is 11.0. The van der Waals surface area contributed by atoms with Gasteiger partial charge in [-0.3, -0.25) is 19.1 Å². The van der Waals surface area contributed by atoms with Gasteiger partial charge in [0.2, 0.25) is 0 Å². The third kappa shape index (κ3) is 3.30. The SMILES string of the molecule is Cc1cc(-n2c(C)cc(C(=O)CN3C(=O)NC(C)(c4ccc5ccccc5c4)C3=O)c2C)no1.